The molecule has 1 amide bonds. The van der Waals surface area contributed by atoms with E-state index in [0.717, 1.165) is 21.9 Å². The highest BCUT2D eigenvalue weighted by molar-refractivity contribution is 7.99. The smallest absolute Gasteiger partial charge is 0.237 e. The van der Waals surface area contributed by atoms with Crippen LogP contribution in [0.1, 0.15) is 0 Å². The third-order valence-corrected chi connectivity index (χ3v) is 4.89. The first kappa shape index (κ1) is 15.9. The summed E-state index contributed by atoms with van der Waals surface area (Å²) in [6.45, 7) is 0. The lowest BCUT2D eigenvalue weighted by Crippen LogP contribution is -2.27. The average Bonchev–Trinajstić information content (AvgIpc) is 2.88. The number of benzene rings is 2. The van der Waals surface area contributed by atoms with Crippen molar-refractivity contribution < 1.29 is 4.79 Å². The summed E-state index contributed by atoms with van der Waals surface area (Å²) in [6.07, 6.45) is 0. The largest absolute Gasteiger partial charge is 0.322 e. The van der Waals surface area contributed by atoms with Crippen LogP contribution in [0.15, 0.2) is 53.7 Å². The number of aryl methyl sites for hydroxylation is 1. The molecule has 0 fully saturated rings. The standard InChI is InChI=1S/C17H16ClN3OS/c1-20(13-6-4-3-5-7-13)16(22)11-23-17-19-14-10-12(18)8-9-15(14)21(17)2/h3-10H,11H2,1-2H3. The van der Waals surface area contributed by atoms with Crippen molar-refractivity contribution >= 4 is 46.0 Å². The van der Waals surface area contributed by atoms with Crippen LogP contribution in [0.4, 0.5) is 5.69 Å². The summed E-state index contributed by atoms with van der Waals surface area (Å²) in [4.78, 5) is 18.6. The molecule has 0 unspecified atom stereocenters. The number of imidazole rings is 1. The van der Waals surface area contributed by atoms with E-state index in [9.17, 15) is 4.79 Å². The number of carbonyl (C=O) groups is 1. The number of aromatic nitrogens is 2. The van der Waals surface area contributed by atoms with Crippen LogP contribution in [-0.4, -0.2) is 28.3 Å². The van der Waals surface area contributed by atoms with Gasteiger partial charge in [-0.3, -0.25) is 4.79 Å². The fourth-order valence-electron chi connectivity index (χ4n) is 2.30. The number of hydrogen-bond donors (Lipinski definition) is 0. The van der Waals surface area contributed by atoms with Crippen molar-refractivity contribution in [2.45, 2.75) is 5.16 Å². The van der Waals surface area contributed by atoms with Gasteiger partial charge in [0, 0.05) is 24.8 Å². The third-order valence-electron chi connectivity index (χ3n) is 3.64. The molecule has 0 aliphatic carbocycles. The highest BCUT2D eigenvalue weighted by atomic mass is 35.5. The zero-order valence-corrected chi connectivity index (χ0v) is 14.4. The highest BCUT2D eigenvalue weighted by Crippen LogP contribution is 2.25. The third kappa shape index (κ3) is 3.35. The lowest BCUT2D eigenvalue weighted by molar-refractivity contribution is -0.115. The Morgan fingerprint density at radius 3 is 2.74 bits per heavy atom. The van der Waals surface area contributed by atoms with Gasteiger partial charge in [0.1, 0.15) is 0 Å². The molecule has 1 heterocycles. The van der Waals surface area contributed by atoms with Gasteiger partial charge in [-0.05, 0) is 30.3 Å². The van der Waals surface area contributed by atoms with E-state index in [2.05, 4.69) is 4.98 Å². The van der Waals surface area contributed by atoms with E-state index in [4.69, 9.17) is 11.6 Å². The molecule has 118 valence electrons. The number of amides is 1. The molecular formula is C17H16ClN3OS. The summed E-state index contributed by atoms with van der Waals surface area (Å²) in [7, 11) is 3.73. The molecule has 0 saturated carbocycles. The number of rotatable bonds is 4. The molecule has 2 aromatic carbocycles. The highest BCUT2D eigenvalue weighted by Gasteiger charge is 2.14. The topological polar surface area (TPSA) is 38.1 Å². The van der Waals surface area contributed by atoms with E-state index in [-0.39, 0.29) is 5.91 Å². The number of nitrogens with zero attached hydrogens (tertiary/aromatic N) is 3. The molecule has 6 heteroatoms. The first-order valence-corrected chi connectivity index (χ1v) is 8.49. The Bertz CT molecular complexity index is 848. The molecule has 0 bridgehead atoms. The first-order chi connectivity index (χ1) is 11.1. The SMILES string of the molecule is CN(C(=O)CSc1nc2cc(Cl)ccc2n1C)c1ccccc1. The van der Waals surface area contributed by atoms with Crippen LogP contribution in [0.3, 0.4) is 0 Å². The van der Waals surface area contributed by atoms with Crippen LogP contribution in [-0.2, 0) is 11.8 Å². The lowest BCUT2D eigenvalue weighted by Gasteiger charge is -2.16. The van der Waals surface area contributed by atoms with Crippen LogP contribution in [0.2, 0.25) is 5.02 Å². The van der Waals surface area contributed by atoms with Crippen molar-refractivity contribution in [3.05, 3.63) is 53.6 Å². The Kier molecular flexibility index (Phi) is 4.59. The minimum atomic E-state index is 0.0336. The van der Waals surface area contributed by atoms with Crippen molar-refractivity contribution in [1.29, 1.82) is 0 Å². The van der Waals surface area contributed by atoms with Gasteiger partial charge in [0.25, 0.3) is 0 Å². The summed E-state index contributed by atoms with van der Waals surface area (Å²) in [5.41, 5.74) is 2.72. The van der Waals surface area contributed by atoms with E-state index < -0.39 is 0 Å². The van der Waals surface area contributed by atoms with Gasteiger partial charge in [0.05, 0.1) is 16.8 Å². The number of thioether (sulfide) groups is 1. The number of halogens is 1. The molecule has 1 aromatic heterocycles. The maximum Gasteiger partial charge on any atom is 0.237 e. The van der Waals surface area contributed by atoms with Crippen molar-refractivity contribution in [2.24, 2.45) is 7.05 Å². The van der Waals surface area contributed by atoms with E-state index in [1.165, 1.54) is 11.8 Å². The fourth-order valence-corrected chi connectivity index (χ4v) is 3.37. The molecule has 3 rings (SSSR count). The summed E-state index contributed by atoms with van der Waals surface area (Å²) in [5.74, 6) is 0.363. The second-order valence-corrected chi connectivity index (χ2v) is 6.54. The Balaban J connectivity index is 1.73. The number of para-hydroxylation sites is 1. The second-order valence-electron chi connectivity index (χ2n) is 5.16. The minimum absolute atomic E-state index is 0.0336. The number of hydrogen-bond acceptors (Lipinski definition) is 3. The molecule has 0 aliphatic heterocycles. The maximum absolute atomic E-state index is 12.3. The van der Waals surface area contributed by atoms with Gasteiger partial charge in [0.15, 0.2) is 5.16 Å². The van der Waals surface area contributed by atoms with E-state index in [0.29, 0.717) is 10.8 Å². The van der Waals surface area contributed by atoms with E-state index in [1.807, 2.05) is 60.1 Å². The van der Waals surface area contributed by atoms with Gasteiger partial charge in [-0.1, -0.05) is 41.6 Å². The quantitative estimate of drug-likeness (QED) is 0.671. The summed E-state index contributed by atoms with van der Waals surface area (Å²) < 4.78 is 1.98. The molecule has 0 radical (unpaired) electrons. The molecule has 4 nitrogen and oxygen atoms in total. The predicted molar refractivity (Wildman–Crippen MR) is 96.3 cm³/mol. The zero-order chi connectivity index (χ0) is 16.4. The fraction of sp³-hybridized carbons (Fsp3) is 0.176. The number of carbonyl (C=O) groups excluding carboxylic acids is 1. The van der Waals surface area contributed by atoms with Crippen LogP contribution in [0.25, 0.3) is 11.0 Å². The summed E-state index contributed by atoms with van der Waals surface area (Å²) in [5, 5.41) is 1.46. The molecule has 3 aromatic rings. The van der Waals surface area contributed by atoms with Gasteiger partial charge in [0.2, 0.25) is 5.91 Å². The minimum Gasteiger partial charge on any atom is -0.322 e. The van der Waals surface area contributed by atoms with Crippen LogP contribution in [0, 0.1) is 0 Å². The van der Waals surface area contributed by atoms with E-state index >= 15 is 0 Å². The molecule has 0 N–H and O–H groups in total. The van der Waals surface area contributed by atoms with Gasteiger partial charge in [-0.25, -0.2) is 4.98 Å². The summed E-state index contributed by atoms with van der Waals surface area (Å²) >= 11 is 7.43. The normalized spacial score (nSPS) is 10.9. The second kappa shape index (κ2) is 6.64. The van der Waals surface area contributed by atoms with Crippen molar-refractivity contribution in [1.82, 2.24) is 9.55 Å². The van der Waals surface area contributed by atoms with Crippen LogP contribution >= 0.6 is 23.4 Å². The Morgan fingerprint density at radius 2 is 2.00 bits per heavy atom. The number of fused-ring (bicyclic) bond motifs is 1. The molecule has 0 atom stereocenters. The van der Waals surface area contributed by atoms with Gasteiger partial charge in [-0.2, -0.15) is 0 Å². The molecule has 23 heavy (non-hydrogen) atoms. The number of anilines is 1. The summed E-state index contributed by atoms with van der Waals surface area (Å²) in [6, 6.07) is 15.2. The van der Waals surface area contributed by atoms with Gasteiger partial charge in [-0.15, -0.1) is 0 Å². The Hall–Kier alpha value is -1.98. The predicted octanol–water partition coefficient (Wildman–Crippen LogP) is 3.98. The molecule has 0 aliphatic rings. The van der Waals surface area contributed by atoms with Gasteiger partial charge < -0.3 is 9.47 Å². The lowest BCUT2D eigenvalue weighted by atomic mass is 10.3. The molecular weight excluding hydrogens is 330 g/mol. The maximum atomic E-state index is 12.3. The molecule has 0 spiro atoms. The van der Waals surface area contributed by atoms with E-state index in [1.54, 1.807) is 11.9 Å². The van der Waals surface area contributed by atoms with Gasteiger partial charge >= 0.3 is 0 Å². The average molecular weight is 346 g/mol. The Morgan fingerprint density at radius 1 is 1.26 bits per heavy atom. The first-order valence-electron chi connectivity index (χ1n) is 7.12. The monoisotopic (exact) mass is 345 g/mol. The van der Waals surface area contributed by atoms with Crippen molar-refractivity contribution in [3.63, 3.8) is 0 Å². The van der Waals surface area contributed by atoms with Crippen LogP contribution in [0.5, 0.6) is 0 Å². The van der Waals surface area contributed by atoms with Crippen LogP contribution < -0.4 is 4.90 Å². The van der Waals surface area contributed by atoms with Crippen molar-refractivity contribution in [2.75, 3.05) is 17.7 Å². The van der Waals surface area contributed by atoms with Crippen molar-refractivity contribution in [3.8, 4) is 0 Å². The zero-order valence-electron chi connectivity index (χ0n) is 12.9. The molecule has 0 saturated heterocycles. The Labute approximate surface area is 144 Å².